The molecule has 0 bridgehead atoms. The first kappa shape index (κ1) is 41.6. The normalized spacial score (nSPS) is 19.5. The van der Waals surface area contributed by atoms with E-state index in [2.05, 4.69) is 21.3 Å². The average molecular weight is 813 g/mol. The summed E-state index contributed by atoms with van der Waals surface area (Å²) in [4.78, 5) is 82.3. The standard InChI is InChI=1S/C38H50F2N10O8/c1-25(51)43-21-29-23-49(37(55)57-29)27-5-7-33(31(39)19-27)45-11-15-47(16-12-45)35(53)41-9-3-4-10-42-36(54)48-17-13-46(14-18-48)34-8-6-28(20-32(34)40)50-24-30(58-38(50)56)22-44-26(2)52/h5-8,19-20,29-30H,3-4,9-18,21-24H2,1-2H3,(H,41,53)(H,42,54)(H,43,51)(H,44,52)/t29-,30-/m0/s1. The van der Waals surface area contributed by atoms with Gasteiger partial charge in [0.15, 0.2) is 0 Å². The number of unbranched alkanes of at least 4 members (excludes halogenated alkanes) is 1. The Labute approximate surface area is 334 Å². The minimum absolute atomic E-state index is 0.174. The van der Waals surface area contributed by atoms with Crippen LogP contribution in [0.5, 0.6) is 0 Å². The number of hydrogen-bond acceptors (Lipinski definition) is 10. The number of ether oxygens (including phenoxy) is 2. The second-order valence-corrected chi connectivity index (χ2v) is 14.5. The summed E-state index contributed by atoms with van der Waals surface area (Å²) < 4.78 is 41.0. The van der Waals surface area contributed by atoms with E-state index in [1.807, 2.05) is 9.80 Å². The quantitative estimate of drug-likeness (QED) is 0.218. The Morgan fingerprint density at radius 2 is 0.983 bits per heavy atom. The SMILES string of the molecule is CC(=O)NC[C@H]1CN(c2ccc(N3CCN(C(=O)NCCCCNC(=O)N4CCN(c5ccc(N6C[C@H](CNC(C)=O)OC6=O)cc5F)CC4)CC3)c(F)c2)C(=O)O1. The van der Waals surface area contributed by atoms with Gasteiger partial charge in [0.25, 0.3) is 0 Å². The topological polar surface area (TPSA) is 188 Å². The van der Waals surface area contributed by atoms with Crippen molar-refractivity contribution in [3.63, 3.8) is 0 Å². The molecule has 58 heavy (non-hydrogen) atoms. The Balaban J connectivity index is 0.838. The first-order chi connectivity index (χ1) is 27.9. The highest BCUT2D eigenvalue weighted by atomic mass is 19.1. The zero-order chi connectivity index (χ0) is 41.3. The number of amides is 8. The summed E-state index contributed by atoms with van der Waals surface area (Å²) in [5.41, 5.74) is 1.46. The smallest absolute Gasteiger partial charge is 0.414 e. The highest BCUT2D eigenvalue weighted by Crippen LogP contribution is 2.30. The summed E-state index contributed by atoms with van der Waals surface area (Å²) in [5, 5.41) is 11.0. The van der Waals surface area contributed by atoms with Gasteiger partial charge in [-0.25, -0.2) is 28.0 Å². The molecule has 4 heterocycles. The molecule has 2 atom stereocenters. The number of halogens is 2. The van der Waals surface area contributed by atoms with E-state index in [1.54, 1.807) is 34.1 Å². The molecule has 314 valence electrons. The Kier molecular flexibility index (Phi) is 13.5. The number of hydrogen-bond donors (Lipinski definition) is 4. The third kappa shape index (κ3) is 10.5. The molecule has 4 saturated heterocycles. The molecule has 4 N–H and O–H groups in total. The van der Waals surface area contributed by atoms with Gasteiger partial charge in [-0.05, 0) is 49.2 Å². The molecule has 0 radical (unpaired) electrons. The van der Waals surface area contributed by atoms with Crippen LogP contribution in [-0.2, 0) is 19.1 Å². The summed E-state index contributed by atoms with van der Waals surface area (Å²) >= 11 is 0. The first-order valence-electron chi connectivity index (χ1n) is 19.5. The molecule has 0 aliphatic carbocycles. The lowest BCUT2D eigenvalue weighted by molar-refractivity contribution is -0.120. The fraction of sp³-hybridized carbons (Fsp3) is 0.526. The van der Waals surface area contributed by atoms with Crippen LogP contribution in [0.3, 0.4) is 0 Å². The van der Waals surface area contributed by atoms with Crippen LogP contribution in [0.2, 0.25) is 0 Å². The van der Waals surface area contributed by atoms with E-state index in [-0.39, 0.29) is 50.1 Å². The molecular weight excluding hydrogens is 762 g/mol. The maximum Gasteiger partial charge on any atom is 0.414 e. The van der Waals surface area contributed by atoms with Gasteiger partial charge in [-0.2, -0.15) is 0 Å². The second-order valence-electron chi connectivity index (χ2n) is 14.5. The van der Waals surface area contributed by atoms with Crippen molar-refractivity contribution >= 4 is 58.8 Å². The molecule has 4 fully saturated rings. The number of rotatable bonds is 13. The van der Waals surface area contributed by atoms with Gasteiger partial charge in [-0.3, -0.25) is 19.4 Å². The molecule has 0 spiro atoms. The molecular formula is C38H50F2N10O8. The average Bonchev–Trinajstić information content (AvgIpc) is 3.78. The number of urea groups is 2. The van der Waals surface area contributed by atoms with Crippen molar-refractivity contribution in [2.24, 2.45) is 0 Å². The lowest BCUT2D eigenvalue weighted by Crippen LogP contribution is -2.52. The lowest BCUT2D eigenvalue weighted by Gasteiger charge is -2.36. The Hall–Kier alpha value is -6.08. The molecule has 0 saturated carbocycles. The molecule has 2 aromatic carbocycles. The number of benzene rings is 2. The van der Waals surface area contributed by atoms with Crippen LogP contribution < -0.4 is 40.9 Å². The van der Waals surface area contributed by atoms with Gasteiger partial charge in [0, 0.05) is 79.3 Å². The highest BCUT2D eigenvalue weighted by molar-refractivity contribution is 5.91. The van der Waals surface area contributed by atoms with Crippen molar-refractivity contribution in [2.45, 2.75) is 38.9 Å². The van der Waals surface area contributed by atoms with Crippen LogP contribution >= 0.6 is 0 Å². The van der Waals surface area contributed by atoms with Crippen LogP contribution in [0.15, 0.2) is 36.4 Å². The summed E-state index contributed by atoms with van der Waals surface area (Å²) in [6, 6.07) is 8.68. The van der Waals surface area contributed by atoms with Crippen LogP contribution in [0, 0.1) is 11.6 Å². The van der Waals surface area contributed by atoms with Gasteiger partial charge in [0.1, 0.15) is 23.8 Å². The van der Waals surface area contributed by atoms with Crippen molar-refractivity contribution in [3.05, 3.63) is 48.0 Å². The molecule has 6 rings (SSSR count). The number of carbonyl (C=O) groups excluding carboxylic acids is 6. The maximum atomic E-state index is 15.2. The van der Waals surface area contributed by atoms with Crippen molar-refractivity contribution in [2.75, 3.05) is 111 Å². The molecule has 4 aliphatic heterocycles. The van der Waals surface area contributed by atoms with E-state index in [4.69, 9.17) is 9.47 Å². The van der Waals surface area contributed by atoms with E-state index >= 15 is 8.78 Å². The zero-order valence-corrected chi connectivity index (χ0v) is 32.6. The van der Waals surface area contributed by atoms with Crippen LogP contribution in [0.25, 0.3) is 0 Å². The molecule has 2 aromatic rings. The number of cyclic esters (lactones) is 2. The predicted molar refractivity (Wildman–Crippen MR) is 209 cm³/mol. The number of piperazine rings is 2. The number of anilines is 4. The first-order valence-corrected chi connectivity index (χ1v) is 19.5. The second kappa shape index (κ2) is 18.9. The van der Waals surface area contributed by atoms with Crippen molar-refractivity contribution in [3.8, 4) is 0 Å². The van der Waals surface area contributed by atoms with Gasteiger partial charge >= 0.3 is 24.2 Å². The van der Waals surface area contributed by atoms with Crippen LogP contribution in [0.4, 0.5) is 50.7 Å². The van der Waals surface area contributed by atoms with Crippen molar-refractivity contribution in [1.82, 2.24) is 31.1 Å². The van der Waals surface area contributed by atoms with Gasteiger partial charge in [-0.15, -0.1) is 0 Å². The van der Waals surface area contributed by atoms with Crippen molar-refractivity contribution in [1.29, 1.82) is 0 Å². The largest absolute Gasteiger partial charge is 0.442 e. The molecule has 0 aromatic heterocycles. The fourth-order valence-corrected chi connectivity index (χ4v) is 7.20. The van der Waals surface area contributed by atoms with Gasteiger partial charge in [0.2, 0.25) is 11.8 Å². The zero-order valence-electron chi connectivity index (χ0n) is 32.6. The fourth-order valence-electron chi connectivity index (χ4n) is 7.20. The Bertz CT molecular complexity index is 1730. The number of nitrogens with zero attached hydrogens (tertiary/aromatic N) is 6. The van der Waals surface area contributed by atoms with E-state index < -0.39 is 36.0 Å². The third-order valence-electron chi connectivity index (χ3n) is 10.4. The van der Waals surface area contributed by atoms with E-state index in [0.717, 1.165) is 0 Å². The number of nitrogens with one attached hydrogen (secondary N) is 4. The lowest BCUT2D eigenvalue weighted by atomic mass is 10.2. The maximum absolute atomic E-state index is 15.2. The summed E-state index contributed by atoms with van der Waals surface area (Å²) in [6.07, 6.45) is -0.973. The molecule has 4 aliphatic rings. The van der Waals surface area contributed by atoms with Gasteiger partial charge in [0.05, 0.1) is 48.9 Å². The van der Waals surface area contributed by atoms with Crippen LogP contribution in [0.1, 0.15) is 26.7 Å². The van der Waals surface area contributed by atoms with E-state index in [0.29, 0.717) is 101 Å². The minimum atomic E-state index is -0.606. The molecule has 0 unspecified atom stereocenters. The molecule has 8 amide bonds. The van der Waals surface area contributed by atoms with E-state index in [1.165, 1.54) is 35.8 Å². The molecule has 20 heteroatoms. The monoisotopic (exact) mass is 812 g/mol. The van der Waals surface area contributed by atoms with Crippen molar-refractivity contribution < 1.29 is 47.0 Å². The molecule has 18 nitrogen and oxygen atoms in total. The summed E-state index contributed by atoms with van der Waals surface area (Å²) in [7, 11) is 0. The predicted octanol–water partition coefficient (Wildman–Crippen LogP) is 2.03. The highest BCUT2D eigenvalue weighted by Gasteiger charge is 2.35. The Morgan fingerprint density at radius 1 is 0.603 bits per heavy atom. The Morgan fingerprint density at radius 3 is 1.33 bits per heavy atom. The third-order valence-corrected chi connectivity index (χ3v) is 10.4. The van der Waals surface area contributed by atoms with Gasteiger partial charge in [-0.1, -0.05) is 0 Å². The summed E-state index contributed by atoms with van der Waals surface area (Å²) in [6.45, 7) is 7.62. The van der Waals surface area contributed by atoms with Gasteiger partial charge < -0.3 is 50.3 Å². The van der Waals surface area contributed by atoms with Crippen LogP contribution in [-0.4, -0.2) is 150 Å². The number of carbonyl (C=O) groups is 6. The van der Waals surface area contributed by atoms with E-state index in [9.17, 15) is 28.8 Å². The summed E-state index contributed by atoms with van der Waals surface area (Å²) in [5.74, 6) is -1.46. The minimum Gasteiger partial charge on any atom is -0.442 e.